The summed E-state index contributed by atoms with van der Waals surface area (Å²) in [6, 6.07) is 15.3. The van der Waals surface area contributed by atoms with E-state index in [-0.39, 0.29) is 30.1 Å². The molecule has 1 aliphatic heterocycles. The van der Waals surface area contributed by atoms with Crippen molar-refractivity contribution in [3.63, 3.8) is 0 Å². The lowest BCUT2D eigenvalue weighted by atomic mass is 9.84. The molecule has 0 N–H and O–H groups in total. The molecule has 1 unspecified atom stereocenters. The number of rotatable bonds is 5. The summed E-state index contributed by atoms with van der Waals surface area (Å²) in [7, 11) is 0. The number of hydrogen-bond acceptors (Lipinski definition) is 3. The summed E-state index contributed by atoms with van der Waals surface area (Å²) >= 11 is 0. The van der Waals surface area contributed by atoms with Crippen molar-refractivity contribution in [2.75, 3.05) is 6.61 Å². The normalized spacial score (nSPS) is 15.9. The Morgan fingerprint density at radius 1 is 1.00 bits per heavy atom. The Hall–Kier alpha value is -2.62. The Labute approximate surface area is 161 Å². The Kier molecular flexibility index (Phi) is 5.36. The fourth-order valence-corrected chi connectivity index (χ4v) is 3.50. The van der Waals surface area contributed by atoms with E-state index in [0.29, 0.717) is 12.4 Å². The van der Waals surface area contributed by atoms with Crippen LogP contribution in [0.2, 0.25) is 0 Å². The number of carbonyl (C=O) groups excluding carboxylic acids is 2. The molecule has 1 aliphatic rings. The Bertz CT molecular complexity index is 820. The molecule has 0 bridgehead atoms. The molecule has 4 heteroatoms. The number of imide groups is 1. The van der Waals surface area contributed by atoms with Crippen molar-refractivity contribution in [1.29, 1.82) is 0 Å². The number of amides is 2. The van der Waals surface area contributed by atoms with E-state index >= 15 is 0 Å². The molecule has 1 heterocycles. The van der Waals surface area contributed by atoms with Gasteiger partial charge in [-0.25, -0.2) is 0 Å². The summed E-state index contributed by atoms with van der Waals surface area (Å²) < 4.78 is 5.89. The summed E-state index contributed by atoms with van der Waals surface area (Å²) in [5.74, 6) is 0.460. The Balaban J connectivity index is 2.22. The number of carbonyl (C=O) groups is 2. The predicted molar refractivity (Wildman–Crippen MR) is 106 cm³/mol. The Morgan fingerprint density at radius 3 is 2.19 bits per heavy atom. The first-order valence-electron chi connectivity index (χ1n) is 9.50. The third-order valence-electron chi connectivity index (χ3n) is 4.93. The van der Waals surface area contributed by atoms with E-state index in [2.05, 4.69) is 32.9 Å². The minimum absolute atomic E-state index is 0.0558. The molecule has 0 radical (unpaired) electrons. The molecule has 4 nitrogen and oxygen atoms in total. The number of likely N-dealkylation sites (tertiary alicyclic amines) is 1. The average molecular weight is 365 g/mol. The molecule has 2 aromatic rings. The van der Waals surface area contributed by atoms with Crippen LogP contribution >= 0.6 is 0 Å². The highest BCUT2D eigenvalue weighted by molar-refractivity contribution is 6.02. The molecule has 1 saturated heterocycles. The number of ether oxygens (including phenoxy) is 1. The topological polar surface area (TPSA) is 46.6 Å². The number of hydrogen-bond donors (Lipinski definition) is 0. The van der Waals surface area contributed by atoms with Gasteiger partial charge in [0.1, 0.15) is 5.75 Å². The molecule has 1 fully saturated rings. The maximum absolute atomic E-state index is 12.6. The van der Waals surface area contributed by atoms with Gasteiger partial charge in [0.25, 0.3) is 0 Å². The molecule has 142 valence electrons. The second-order valence-corrected chi connectivity index (χ2v) is 7.91. The van der Waals surface area contributed by atoms with Crippen LogP contribution in [0.4, 0.5) is 0 Å². The minimum Gasteiger partial charge on any atom is -0.494 e. The molecule has 2 amide bonds. The first-order valence-corrected chi connectivity index (χ1v) is 9.50. The van der Waals surface area contributed by atoms with Crippen molar-refractivity contribution >= 4 is 11.8 Å². The van der Waals surface area contributed by atoms with Crippen LogP contribution in [-0.4, -0.2) is 23.3 Å². The van der Waals surface area contributed by atoms with Gasteiger partial charge in [0.2, 0.25) is 11.8 Å². The third-order valence-corrected chi connectivity index (χ3v) is 4.93. The molecule has 0 saturated carbocycles. The highest BCUT2D eigenvalue weighted by Crippen LogP contribution is 2.39. The van der Waals surface area contributed by atoms with Gasteiger partial charge >= 0.3 is 0 Å². The molecule has 1 atom stereocenters. The molecule has 0 aliphatic carbocycles. The fraction of sp³-hybridized carbons (Fsp3) is 0.391. The summed E-state index contributed by atoms with van der Waals surface area (Å²) in [4.78, 5) is 26.6. The van der Waals surface area contributed by atoms with Crippen molar-refractivity contribution in [2.45, 2.75) is 52.0 Å². The minimum atomic E-state index is -0.474. The van der Waals surface area contributed by atoms with Crippen molar-refractivity contribution in [2.24, 2.45) is 0 Å². The lowest BCUT2D eigenvalue weighted by molar-refractivity contribution is -0.140. The highest BCUT2D eigenvalue weighted by atomic mass is 16.5. The second-order valence-electron chi connectivity index (χ2n) is 7.91. The average Bonchev–Trinajstić information content (AvgIpc) is 2.96. The van der Waals surface area contributed by atoms with Crippen molar-refractivity contribution < 1.29 is 14.3 Å². The van der Waals surface area contributed by atoms with Crippen LogP contribution in [-0.2, 0) is 15.0 Å². The molecule has 27 heavy (non-hydrogen) atoms. The van der Waals surface area contributed by atoms with Crippen LogP contribution in [0.25, 0.3) is 0 Å². The van der Waals surface area contributed by atoms with E-state index in [1.165, 1.54) is 4.90 Å². The van der Waals surface area contributed by atoms with E-state index < -0.39 is 6.04 Å². The third kappa shape index (κ3) is 3.90. The fourth-order valence-electron chi connectivity index (χ4n) is 3.50. The van der Waals surface area contributed by atoms with Crippen molar-refractivity contribution in [1.82, 2.24) is 4.90 Å². The van der Waals surface area contributed by atoms with Crippen LogP contribution in [0.15, 0.2) is 48.5 Å². The zero-order chi connectivity index (χ0) is 19.6. The smallest absolute Gasteiger partial charge is 0.230 e. The standard InChI is InChI=1S/C23H27NO3/c1-5-27-19-12-11-17(23(2,3)4)15-18(19)22(16-9-7-6-8-10-16)24-20(25)13-14-21(24)26/h6-12,15,22H,5,13-14H2,1-4H3. The van der Waals surface area contributed by atoms with Crippen molar-refractivity contribution in [3.8, 4) is 5.75 Å². The van der Waals surface area contributed by atoms with Crippen LogP contribution < -0.4 is 4.74 Å². The lowest BCUT2D eigenvalue weighted by Gasteiger charge is -2.30. The van der Waals surface area contributed by atoms with Gasteiger partial charge in [0, 0.05) is 18.4 Å². The molecule has 2 aromatic carbocycles. The first kappa shape index (κ1) is 19.2. The monoisotopic (exact) mass is 365 g/mol. The molecule has 3 rings (SSSR count). The lowest BCUT2D eigenvalue weighted by Crippen LogP contribution is -2.34. The van der Waals surface area contributed by atoms with Gasteiger partial charge in [-0.05, 0) is 35.6 Å². The summed E-state index contributed by atoms with van der Waals surface area (Å²) in [5.41, 5.74) is 2.85. The number of nitrogens with zero attached hydrogens (tertiary/aromatic N) is 1. The highest BCUT2D eigenvalue weighted by Gasteiger charge is 2.38. The van der Waals surface area contributed by atoms with Gasteiger partial charge in [-0.2, -0.15) is 0 Å². The van der Waals surface area contributed by atoms with Gasteiger partial charge in [-0.3, -0.25) is 14.5 Å². The molecular formula is C23H27NO3. The van der Waals surface area contributed by atoms with Gasteiger partial charge in [-0.15, -0.1) is 0 Å². The van der Waals surface area contributed by atoms with E-state index in [1.54, 1.807) is 0 Å². The van der Waals surface area contributed by atoms with E-state index in [1.807, 2.05) is 43.3 Å². The maximum atomic E-state index is 12.6. The van der Waals surface area contributed by atoms with Crippen LogP contribution in [0.5, 0.6) is 5.75 Å². The van der Waals surface area contributed by atoms with Crippen LogP contribution in [0, 0.1) is 0 Å². The molecule has 0 aromatic heterocycles. The Morgan fingerprint density at radius 2 is 1.63 bits per heavy atom. The predicted octanol–water partition coefficient (Wildman–Crippen LogP) is 4.62. The van der Waals surface area contributed by atoms with Gasteiger partial charge in [-0.1, -0.05) is 57.2 Å². The largest absolute Gasteiger partial charge is 0.494 e. The SMILES string of the molecule is CCOc1ccc(C(C)(C)C)cc1C(c1ccccc1)N1C(=O)CCC1=O. The van der Waals surface area contributed by atoms with E-state index in [4.69, 9.17) is 4.74 Å². The van der Waals surface area contributed by atoms with E-state index in [9.17, 15) is 9.59 Å². The van der Waals surface area contributed by atoms with Gasteiger partial charge in [0.05, 0.1) is 12.6 Å². The number of benzene rings is 2. The van der Waals surface area contributed by atoms with Gasteiger partial charge in [0.15, 0.2) is 0 Å². The summed E-state index contributed by atoms with van der Waals surface area (Å²) in [6.07, 6.45) is 0.538. The van der Waals surface area contributed by atoms with Crippen molar-refractivity contribution in [3.05, 3.63) is 65.2 Å². The summed E-state index contributed by atoms with van der Waals surface area (Å²) in [6.45, 7) is 8.90. The van der Waals surface area contributed by atoms with Gasteiger partial charge < -0.3 is 4.74 Å². The molecule has 0 spiro atoms. The first-order chi connectivity index (χ1) is 12.8. The van der Waals surface area contributed by atoms with Crippen LogP contribution in [0.1, 0.15) is 63.3 Å². The van der Waals surface area contributed by atoms with E-state index in [0.717, 1.165) is 16.7 Å². The zero-order valence-electron chi connectivity index (χ0n) is 16.5. The molecular weight excluding hydrogens is 338 g/mol. The maximum Gasteiger partial charge on any atom is 0.230 e. The summed E-state index contributed by atoms with van der Waals surface area (Å²) in [5, 5.41) is 0. The zero-order valence-corrected chi connectivity index (χ0v) is 16.5. The second kappa shape index (κ2) is 7.55. The van der Waals surface area contributed by atoms with Crippen LogP contribution in [0.3, 0.4) is 0 Å². The quantitative estimate of drug-likeness (QED) is 0.726.